The molecule has 10 atom stereocenters. The Bertz CT molecular complexity index is 627. The van der Waals surface area contributed by atoms with Crippen molar-refractivity contribution in [1.82, 2.24) is 0 Å². The number of carbonyl (C=O) groups excluding carboxylic acids is 2. The lowest BCUT2D eigenvalue weighted by Gasteiger charge is -2.46. The summed E-state index contributed by atoms with van der Waals surface area (Å²) in [4.78, 5) is 23.6. The van der Waals surface area contributed by atoms with Crippen LogP contribution in [0.5, 0.6) is 0 Å². The Hall–Kier alpha value is -1.26. The number of rotatable bonds is 11. The summed E-state index contributed by atoms with van der Waals surface area (Å²) < 4.78 is 21.0. The van der Waals surface area contributed by atoms with Crippen molar-refractivity contribution in [2.24, 2.45) is 0 Å². The molecular formula is C20H34O13. The van der Waals surface area contributed by atoms with Crippen molar-refractivity contribution in [2.75, 3.05) is 19.8 Å². The zero-order chi connectivity index (χ0) is 24.7. The van der Waals surface area contributed by atoms with E-state index in [0.29, 0.717) is 0 Å². The first-order chi connectivity index (χ1) is 15.6. The van der Waals surface area contributed by atoms with Gasteiger partial charge in [-0.1, -0.05) is 0 Å². The van der Waals surface area contributed by atoms with Gasteiger partial charge in [0.1, 0.15) is 54.6 Å². The lowest BCUT2D eigenvalue weighted by atomic mass is 9.91. The van der Waals surface area contributed by atoms with Gasteiger partial charge in [-0.25, -0.2) is 0 Å². The van der Waals surface area contributed by atoms with Gasteiger partial charge in [-0.3, -0.25) is 9.59 Å². The van der Waals surface area contributed by atoms with Crippen molar-refractivity contribution in [3.63, 3.8) is 0 Å². The summed E-state index contributed by atoms with van der Waals surface area (Å²) in [6, 6.07) is 0. The molecule has 13 heteroatoms. The topological polar surface area (TPSA) is 213 Å². The standard InChI is InChI=1S/C20H34O13/c1-2-30-13(24)5-3-4-9(23)6-10-14(25)17(28)19(12(8-22)31-10)33-20-18(29)16(27)15(26)11(7-21)32-20/h10-12,14-22,25-29H,2-8H2,1H3/t10-,11+,12+,14-,15-,16-,17+,18+,19+,20-/m0/s1. The fourth-order valence-electron chi connectivity index (χ4n) is 3.82. The predicted octanol–water partition coefficient (Wildman–Crippen LogP) is -3.65. The van der Waals surface area contributed by atoms with Gasteiger partial charge in [0.25, 0.3) is 0 Å². The number of esters is 1. The summed E-state index contributed by atoms with van der Waals surface area (Å²) in [5, 5.41) is 69.8. The minimum atomic E-state index is -1.76. The Morgan fingerprint density at radius 3 is 2.03 bits per heavy atom. The second kappa shape index (κ2) is 13.0. The third kappa shape index (κ3) is 7.11. The van der Waals surface area contributed by atoms with Crippen LogP contribution in [0, 0.1) is 0 Å². The van der Waals surface area contributed by atoms with Crippen LogP contribution in [0.25, 0.3) is 0 Å². The van der Waals surface area contributed by atoms with Crippen molar-refractivity contribution < 1.29 is 64.3 Å². The van der Waals surface area contributed by atoms with Gasteiger partial charge in [-0.15, -0.1) is 0 Å². The fourth-order valence-corrected chi connectivity index (χ4v) is 3.82. The van der Waals surface area contributed by atoms with Crippen LogP contribution in [0.4, 0.5) is 0 Å². The van der Waals surface area contributed by atoms with Gasteiger partial charge in [0.15, 0.2) is 6.29 Å². The number of ketones is 1. The van der Waals surface area contributed by atoms with Gasteiger partial charge < -0.3 is 54.7 Å². The van der Waals surface area contributed by atoms with E-state index in [-0.39, 0.29) is 38.1 Å². The second-order valence-electron chi connectivity index (χ2n) is 8.08. The molecule has 0 aliphatic carbocycles. The van der Waals surface area contributed by atoms with Crippen LogP contribution in [-0.4, -0.2) is 129 Å². The van der Waals surface area contributed by atoms with Gasteiger partial charge in [-0.2, -0.15) is 0 Å². The Morgan fingerprint density at radius 1 is 0.788 bits per heavy atom. The van der Waals surface area contributed by atoms with Crippen molar-refractivity contribution in [3.05, 3.63) is 0 Å². The highest BCUT2D eigenvalue weighted by molar-refractivity contribution is 5.79. The third-order valence-corrected chi connectivity index (χ3v) is 5.67. The summed E-state index contributed by atoms with van der Waals surface area (Å²) in [6.45, 7) is 0.532. The first-order valence-corrected chi connectivity index (χ1v) is 10.9. The molecule has 0 bridgehead atoms. The van der Waals surface area contributed by atoms with E-state index in [2.05, 4.69) is 0 Å². The quantitative estimate of drug-likeness (QED) is 0.142. The van der Waals surface area contributed by atoms with Crippen LogP contribution in [0.3, 0.4) is 0 Å². The Morgan fingerprint density at radius 2 is 1.42 bits per heavy atom. The highest BCUT2D eigenvalue weighted by Gasteiger charge is 2.50. The zero-order valence-electron chi connectivity index (χ0n) is 18.3. The molecule has 2 rings (SSSR count). The number of hydrogen-bond acceptors (Lipinski definition) is 13. The van der Waals surface area contributed by atoms with E-state index < -0.39 is 80.4 Å². The third-order valence-electron chi connectivity index (χ3n) is 5.67. The minimum Gasteiger partial charge on any atom is -0.466 e. The van der Waals surface area contributed by atoms with Crippen LogP contribution in [-0.2, 0) is 28.5 Å². The average molecular weight is 482 g/mol. The smallest absolute Gasteiger partial charge is 0.305 e. The predicted molar refractivity (Wildman–Crippen MR) is 107 cm³/mol. The molecule has 0 saturated carbocycles. The largest absolute Gasteiger partial charge is 0.466 e. The molecule has 33 heavy (non-hydrogen) atoms. The highest BCUT2D eigenvalue weighted by atomic mass is 16.7. The number of hydrogen-bond donors (Lipinski definition) is 7. The summed E-state index contributed by atoms with van der Waals surface area (Å²) in [5.41, 5.74) is 0. The summed E-state index contributed by atoms with van der Waals surface area (Å²) >= 11 is 0. The molecule has 0 aromatic heterocycles. The van der Waals surface area contributed by atoms with Gasteiger partial charge in [-0.05, 0) is 13.3 Å². The van der Waals surface area contributed by atoms with E-state index in [1.165, 1.54) is 0 Å². The molecule has 2 saturated heterocycles. The SMILES string of the molecule is CCOC(=O)CCCC(=O)C[C@@H]1O[C@H](CO)[C@@H](O[C@@H]2O[C@H](CO)[C@H](O)[C@H](O)[C@H]2O)[C@H](O)[C@H]1O. The molecule has 192 valence electrons. The monoisotopic (exact) mass is 482 g/mol. The van der Waals surface area contributed by atoms with Crippen LogP contribution in [0.15, 0.2) is 0 Å². The molecule has 2 heterocycles. The molecule has 7 N–H and O–H groups in total. The zero-order valence-corrected chi connectivity index (χ0v) is 18.3. The van der Waals surface area contributed by atoms with Crippen molar-refractivity contribution in [3.8, 4) is 0 Å². The maximum absolute atomic E-state index is 12.2. The maximum atomic E-state index is 12.2. The van der Waals surface area contributed by atoms with Gasteiger partial charge in [0, 0.05) is 19.3 Å². The first kappa shape index (κ1) is 28.0. The molecule has 2 aliphatic heterocycles. The van der Waals surface area contributed by atoms with E-state index in [9.17, 15) is 45.3 Å². The van der Waals surface area contributed by atoms with Gasteiger partial charge in [0.05, 0.1) is 25.9 Å². The Labute approximate surface area is 190 Å². The van der Waals surface area contributed by atoms with Crippen LogP contribution in [0.2, 0.25) is 0 Å². The average Bonchev–Trinajstić information content (AvgIpc) is 2.78. The second-order valence-corrected chi connectivity index (χ2v) is 8.08. The maximum Gasteiger partial charge on any atom is 0.305 e. The lowest BCUT2D eigenvalue weighted by Crippen LogP contribution is -2.64. The molecule has 0 aromatic rings. The molecule has 0 amide bonds. The van der Waals surface area contributed by atoms with Crippen LogP contribution in [0.1, 0.15) is 32.6 Å². The van der Waals surface area contributed by atoms with E-state index in [4.69, 9.17) is 18.9 Å². The van der Waals surface area contributed by atoms with Crippen LogP contribution >= 0.6 is 0 Å². The molecule has 0 unspecified atom stereocenters. The number of carbonyl (C=O) groups is 2. The molecule has 13 nitrogen and oxygen atoms in total. The van der Waals surface area contributed by atoms with Crippen molar-refractivity contribution in [1.29, 1.82) is 0 Å². The van der Waals surface area contributed by atoms with E-state index in [1.54, 1.807) is 6.92 Å². The highest BCUT2D eigenvalue weighted by Crippen LogP contribution is 2.30. The number of Topliss-reactive ketones (excluding diaryl/α,β-unsaturated/α-hetero) is 1. The Balaban J connectivity index is 1.96. The molecule has 0 aromatic carbocycles. The van der Waals surface area contributed by atoms with E-state index in [0.717, 1.165) is 0 Å². The Kier molecular flexibility index (Phi) is 11.0. The van der Waals surface area contributed by atoms with E-state index >= 15 is 0 Å². The molecular weight excluding hydrogens is 448 g/mol. The number of aliphatic hydroxyl groups is 7. The number of ether oxygens (including phenoxy) is 4. The molecule has 2 fully saturated rings. The first-order valence-electron chi connectivity index (χ1n) is 10.9. The summed E-state index contributed by atoms with van der Waals surface area (Å²) in [6.07, 6.45) is -15.0. The summed E-state index contributed by atoms with van der Waals surface area (Å²) in [7, 11) is 0. The normalized spacial score (nSPS) is 39.3. The summed E-state index contributed by atoms with van der Waals surface area (Å²) in [5.74, 6) is -0.760. The lowest BCUT2D eigenvalue weighted by molar-refractivity contribution is -0.341. The van der Waals surface area contributed by atoms with E-state index in [1.807, 2.05) is 0 Å². The van der Waals surface area contributed by atoms with Crippen LogP contribution < -0.4 is 0 Å². The van der Waals surface area contributed by atoms with Crippen molar-refractivity contribution in [2.45, 2.75) is 93.8 Å². The molecule has 2 aliphatic rings. The number of aliphatic hydroxyl groups excluding tert-OH is 7. The molecule has 0 radical (unpaired) electrons. The fraction of sp³-hybridized carbons (Fsp3) is 0.900. The minimum absolute atomic E-state index is 0.0239. The van der Waals surface area contributed by atoms with Gasteiger partial charge in [0.2, 0.25) is 0 Å². The van der Waals surface area contributed by atoms with Crippen molar-refractivity contribution >= 4 is 11.8 Å². The molecule has 0 spiro atoms. The van der Waals surface area contributed by atoms with Gasteiger partial charge >= 0.3 is 5.97 Å².